The maximum absolute atomic E-state index is 4.29. The van der Waals surface area contributed by atoms with Gasteiger partial charge in [0, 0.05) is 12.2 Å². The summed E-state index contributed by atoms with van der Waals surface area (Å²) >= 11 is 0. The molecule has 62 valence electrons. The molecule has 0 aromatic carbocycles. The predicted molar refractivity (Wildman–Crippen MR) is 46.6 cm³/mol. The molecule has 0 aliphatic rings. The van der Waals surface area contributed by atoms with Crippen LogP contribution in [0.4, 0.5) is 0 Å². The zero-order valence-corrected chi connectivity index (χ0v) is 7.59. The molecule has 1 aromatic heterocycles. The monoisotopic (exact) mass is 152 g/mol. The molecule has 0 bridgehead atoms. The lowest BCUT2D eigenvalue weighted by Crippen LogP contribution is -2.03. The molecule has 2 nitrogen and oxygen atoms in total. The second kappa shape index (κ2) is 3.56. The van der Waals surface area contributed by atoms with Crippen LogP contribution in [0.3, 0.4) is 0 Å². The van der Waals surface area contributed by atoms with E-state index in [4.69, 9.17) is 0 Å². The Morgan fingerprint density at radius 1 is 1.45 bits per heavy atom. The first-order valence-electron chi connectivity index (χ1n) is 4.30. The van der Waals surface area contributed by atoms with Crippen LogP contribution in [0.5, 0.6) is 0 Å². The lowest BCUT2D eigenvalue weighted by Gasteiger charge is -2.03. The normalized spacial score (nSPS) is 10.5. The van der Waals surface area contributed by atoms with E-state index in [1.165, 1.54) is 11.3 Å². The Balaban J connectivity index is 2.86. The molecule has 0 radical (unpaired) electrons. The first kappa shape index (κ1) is 8.31. The van der Waals surface area contributed by atoms with Gasteiger partial charge in [-0.25, -0.2) is 0 Å². The van der Waals surface area contributed by atoms with Crippen LogP contribution in [0.15, 0.2) is 6.20 Å². The van der Waals surface area contributed by atoms with Gasteiger partial charge in [-0.3, -0.25) is 4.68 Å². The Bertz CT molecular complexity index is 225. The van der Waals surface area contributed by atoms with Crippen molar-refractivity contribution in [1.82, 2.24) is 9.78 Å². The quantitative estimate of drug-likeness (QED) is 0.649. The summed E-state index contributed by atoms with van der Waals surface area (Å²) < 4.78 is 2.11. The van der Waals surface area contributed by atoms with E-state index < -0.39 is 0 Å². The van der Waals surface area contributed by atoms with E-state index >= 15 is 0 Å². The van der Waals surface area contributed by atoms with Crippen molar-refractivity contribution in [3.8, 4) is 0 Å². The van der Waals surface area contributed by atoms with Crippen LogP contribution < -0.4 is 0 Å². The van der Waals surface area contributed by atoms with Crippen LogP contribution in [-0.2, 0) is 13.0 Å². The van der Waals surface area contributed by atoms with Crippen molar-refractivity contribution in [1.29, 1.82) is 0 Å². The highest BCUT2D eigenvalue weighted by atomic mass is 15.3. The molecule has 0 spiro atoms. The molecule has 0 saturated heterocycles. The minimum Gasteiger partial charge on any atom is -0.269 e. The second-order valence-electron chi connectivity index (χ2n) is 2.85. The number of nitrogens with zero attached hydrogens (tertiary/aromatic N) is 2. The molecule has 1 aromatic rings. The van der Waals surface area contributed by atoms with Gasteiger partial charge in [0.1, 0.15) is 0 Å². The van der Waals surface area contributed by atoms with Crippen LogP contribution in [0.25, 0.3) is 0 Å². The van der Waals surface area contributed by atoms with E-state index in [0.29, 0.717) is 0 Å². The van der Waals surface area contributed by atoms with Gasteiger partial charge in [-0.1, -0.05) is 13.8 Å². The fourth-order valence-electron chi connectivity index (χ4n) is 1.37. The predicted octanol–water partition coefficient (Wildman–Crippen LogP) is 2.16. The van der Waals surface area contributed by atoms with E-state index in [-0.39, 0.29) is 0 Å². The highest BCUT2D eigenvalue weighted by Crippen LogP contribution is 2.07. The minimum atomic E-state index is 1.05. The fourth-order valence-corrected chi connectivity index (χ4v) is 1.37. The summed E-state index contributed by atoms with van der Waals surface area (Å²) in [5.74, 6) is 0. The van der Waals surface area contributed by atoms with Gasteiger partial charge in [-0.15, -0.1) is 0 Å². The molecule has 1 rings (SSSR count). The lowest BCUT2D eigenvalue weighted by atomic mass is 10.2. The zero-order chi connectivity index (χ0) is 8.27. The highest BCUT2D eigenvalue weighted by molar-refractivity contribution is 5.15. The number of aryl methyl sites for hydroxylation is 2. The number of rotatable bonds is 3. The molecule has 0 saturated carbocycles. The lowest BCUT2D eigenvalue weighted by molar-refractivity contribution is 0.576. The van der Waals surface area contributed by atoms with Crippen LogP contribution in [0.2, 0.25) is 0 Å². The topological polar surface area (TPSA) is 17.8 Å². The van der Waals surface area contributed by atoms with Gasteiger partial charge in [-0.05, 0) is 25.3 Å². The molecule has 0 aliphatic heterocycles. The van der Waals surface area contributed by atoms with Crippen molar-refractivity contribution >= 4 is 0 Å². The molecule has 0 amide bonds. The summed E-state index contributed by atoms with van der Waals surface area (Å²) in [5.41, 5.74) is 2.70. The molecule has 0 unspecified atom stereocenters. The van der Waals surface area contributed by atoms with Crippen molar-refractivity contribution in [2.75, 3.05) is 0 Å². The SMILES string of the molecule is CCCn1ncc(C)c1CC. The van der Waals surface area contributed by atoms with Gasteiger partial charge in [-0.2, -0.15) is 5.10 Å². The maximum Gasteiger partial charge on any atom is 0.0521 e. The molecule has 2 heteroatoms. The van der Waals surface area contributed by atoms with Crippen LogP contribution >= 0.6 is 0 Å². The van der Waals surface area contributed by atoms with E-state index in [1.54, 1.807) is 0 Å². The molecular formula is C9H16N2. The van der Waals surface area contributed by atoms with Gasteiger partial charge in [0.25, 0.3) is 0 Å². The summed E-state index contributed by atoms with van der Waals surface area (Å²) in [7, 11) is 0. The molecule has 0 fully saturated rings. The van der Waals surface area contributed by atoms with Crippen molar-refractivity contribution < 1.29 is 0 Å². The Morgan fingerprint density at radius 3 is 2.73 bits per heavy atom. The van der Waals surface area contributed by atoms with Crippen LogP contribution in [-0.4, -0.2) is 9.78 Å². The molecule has 0 N–H and O–H groups in total. The van der Waals surface area contributed by atoms with E-state index in [1.807, 2.05) is 6.20 Å². The summed E-state index contributed by atoms with van der Waals surface area (Å²) in [6.07, 6.45) is 4.20. The first-order valence-corrected chi connectivity index (χ1v) is 4.30. The van der Waals surface area contributed by atoms with Crippen molar-refractivity contribution in [2.45, 2.75) is 40.2 Å². The van der Waals surface area contributed by atoms with Gasteiger partial charge < -0.3 is 0 Å². The third kappa shape index (κ3) is 1.62. The third-order valence-electron chi connectivity index (χ3n) is 1.93. The Labute approximate surface area is 68.2 Å². The Kier molecular flexibility index (Phi) is 2.69. The van der Waals surface area contributed by atoms with Gasteiger partial charge in [0.15, 0.2) is 0 Å². The molecular weight excluding hydrogens is 136 g/mol. The van der Waals surface area contributed by atoms with E-state index in [2.05, 4.69) is 30.6 Å². The van der Waals surface area contributed by atoms with E-state index in [0.717, 1.165) is 19.4 Å². The summed E-state index contributed by atoms with van der Waals surface area (Å²) in [4.78, 5) is 0. The van der Waals surface area contributed by atoms with Gasteiger partial charge in [0.05, 0.1) is 6.20 Å². The van der Waals surface area contributed by atoms with Crippen molar-refractivity contribution in [3.05, 3.63) is 17.5 Å². The number of hydrogen-bond donors (Lipinski definition) is 0. The minimum absolute atomic E-state index is 1.05. The molecule has 0 atom stereocenters. The number of hydrogen-bond acceptors (Lipinski definition) is 1. The van der Waals surface area contributed by atoms with Gasteiger partial charge in [0.2, 0.25) is 0 Å². The average molecular weight is 152 g/mol. The second-order valence-corrected chi connectivity index (χ2v) is 2.85. The fraction of sp³-hybridized carbons (Fsp3) is 0.667. The summed E-state index contributed by atoms with van der Waals surface area (Å²) in [5, 5.41) is 4.29. The van der Waals surface area contributed by atoms with Gasteiger partial charge >= 0.3 is 0 Å². The van der Waals surface area contributed by atoms with Crippen LogP contribution in [0.1, 0.15) is 31.5 Å². The van der Waals surface area contributed by atoms with Crippen molar-refractivity contribution in [2.24, 2.45) is 0 Å². The van der Waals surface area contributed by atoms with Crippen molar-refractivity contribution in [3.63, 3.8) is 0 Å². The number of aromatic nitrogens is 2. The van der Waals surface area contributed by atoms with E-state index in [9.17, 15) is 0 Å². The average Bonchev–Trinajstić information content (AvgIpc) is 2.33. The zero-order valence-electron chi connectivity index (χ0n) is 7.59. The first-order chi connectivity index (χ1) is 5.29. The van der Waals surface area contributed by atoms with Crippen LogP contribution in [0, 0.1) is 6.92 Å². The third-order valence-corrected chi connectivity index (χ3v) is 1.93. The standard InChI is InChI=1S/C9H16N2/c1-4-6-11-9(5-2)8(3)7-10-11/h7H,4-6H2,1-3H3. The maximum atomic E-state index is 4.29. The largest absolute Gasteiger partial charge is 0.269 e. The molecule has 0 aliphatic carbocycles. The molecule has 11 heavy (non-hydrogen) atoms. The Morgan fingerprint density at radius 2 is 2.18 bits per heavy atom. The summed E-state index contributed by atoms with van der Waals surface area (Å²) in [6, 6.07) is 0. The summed E-state index contributed by atoms with van der Waals surface area (Å²) in [6.45, 7) is 7.53. The molecule has 1 heterocycles. The smallest absolute Gasteiger partial charge is 0.0521 e. The Hall–Kier alpha value is -0.790. The highest BCUT2D eigenvalue weighted by Gasteiger charge is 2.02.